The zero-order valence-electron chi connectivity index (χ0n) is 16.1. The summed E-state index contributed by atoms with van der Waals surface area (Å²) in [6, 6.07) is 9.93. The number of rotatable bonds is 5. The van der Waals surface area contributed by atoms with Gasteiger partial charge in [0, 0.05) is 13.8 Å². The Morgan fingerprint density at radius 1 is 1.07 bits per heavy atom. The number of benzene rings is 1. The predicted octanol–water partition coefficient (Wildman–Crippen LogP) is 3.63. The average Bonchev–Trinajstić information content (AvgIpc) is 3.22. The maximum atomic E-state index is 6.40. The highest BCUT2D eigenvalue weighted by Crippen LogP contribution is 2.49. The Morgan fingerprint density at radius 2 is 1.81 bits per heavy atom. The highest BCUT2D eigenvalue weighted by atomic mass is 16.8. The molecule has 2 saturated heterocycles. The molecule has 3 aliphatic rings. The Kier molecular flexibility index (Phi) is 4.35. The van der Waals surface area contributed by atoms with E-state index in [1.807, 2.05) is 58.0 Å². The molecule has 0 N–H and O–H groups in total. The molecule has 4 atom stereocenters. The van der Waals surface area contributed by atoms with Gasteiger partial charge in [-0.1, -0.05) is 36.4 Å². The normalized spacial score (nSPS) is 35.9. The van der Waals surface area contributed by atoms with Crippen LogP contribution >= 0.6 is 0 Å². The highest BCUT2D eigenvalue weighted by molar-refractivity contribution is 5.25. The van der Waals surface area contributed by atoms with E-state index in [1.54, 1.807) is 12.3 Å². The molecule has 2 fully saturated rings. The van der Waals surface area contributed by atoms with Crippen molar-refractivity contribution in [3.8, 4) is 0 Å². The minimum Gasteiger partial charge on any atom is -0.457 e. The number of hydrogen-bond donors (Lipinski definition) is 0. The first kappa shape index (κ1) is 18.5. The maximum Gasteiger partial charge on any atom is 0.244 e. The summed E-state index contributed by atoms with van der Waals surface area (Å²) in [7, 11) is 0. The van der Waals surface area contributed by atoms with E-state index in [0.29, 0.717) is 12.4 Å². The molecule has 146 valence electrons. The molecule has 4 rings (SSSR count). The highest BCUT2D eigenvalue weighted by Gasteiger charge is 2.65. The van der Waals surface area contributed by atoms with Crippen molar-refractivity contribution >= 4 is 0 Å². The van der Waals surface area contributed by atoms with E-state index >= 15 is 0 Å². The molecule has 0 aromatic heterocycles. The largest absolute Gasteiger partial charge is 0.457 e. The molecule has 6 heteroatoms. The second kappa shape index (κ2) is 6.34. The van der Waals surface area contributed by atoms with Crippen LogP contribution in [0.5, 0.6) is 0 Å². The molecular formula is C21H26O6. The van der Waals surface area contributed by atoms with E-state index in [9.17, 15) is 0 Å². The molecule has 3 heterocycles. The van der Waals surface area contributed by atoms with Crippen LogP contribution < -0.4 is 0 Å². The standard InChI is InChI=1S/C21H26O6/c1-6-21(23-12-14-10-8-7-9-11-14)16(15-13-22-19(2,3)25-15)24-18-17(21)26-20(4,5)27-18/h6-11,13,16-18H,1,12H2,2-5H3/t16-,17+,18-,21?/m1/s1. The van der Waals surface area contributed by atoms with Crippen molar-refractivity contribution in [2.24, 2.45) is 0 Å². The third-order valence-corrected chi connectivity index (χ3v) is 4.91. The van der Waals surface area contributed by atoms with Crippen LogP contribution in [0, 0.1) is 0 Å². The van der Waals surface area contributed by atoms with Crippen LogP contribution in [0.2, 0.25) is 0 Å². The molecule has 0 aliphatic carbocycles. The third-order valence-electron chi connectivity index (χ3n) is 4.91. The lowest BCUT2D eigenvalue weighted by molar-refractivity contribution is -0.232. The maximum absolute atomic E-state index is 6.40. The SMILES string of the molecule is C=CC1(OCc2ccccc2)[C@@H](C2=COC(C)(C)O2)O[C@@H]2OC(C)(C)O[C@@H]21. The van der Waals surface area contributed by atoms with E-state index in [4.69, 9.17) is 28.4 Å². The fourth-order valence-corrected chi connectivity index (χ4v) is 3.68. The van der Waals surface area contributed by atoms with Crippen molar-refractivity contribution in [1.82, 2.24) is 0 Å². The molecule has 0 radical (unpaired) electrons. The number of hydrogen-bond acceptors (Lipinski definition) is 6. The van der Waals surface area contributed by atoms with Gasteiger partial charge in [-0.25, -0.2) is 0 Å². The summed E-state index contributed by atoms with van der Waals surface area (Å²) in [6.45, 7) is 11.8. The van der Waals surface area contributed by atoms with Gasteiger partial charge in [0.15, 0.2) is 29.5 Å². The van der Waals surface area contributed by atoms with Crippen molar-refractivity contribution in [2.75, 3.05) is 0 Å². The fourth-order valence-electron chi connectivity index (χ4n) is 3.68. The fraction of sp³-hybridized carbons (Fsp3) is 0.524. The van der Waals surface area contributed by atoms with Gasteiger partial charge in [0.25, 0.3) is 0 Å². The molecule has 6 nitrogen and oxygen atoms in total. The van der Waals surface area contributed by atoms with Gasteiger partial charge in [0.05, 0.1) is 6.61 Å². The van der Waals surface area contributed by atoms with E-state index in [1.165, 1.54) is 0 Å². The van der Waals surface area contributed by atoms with Gasteiger partial charge >= 0.3 is 0 Å². The summed E-state index contributed by atoms with van der Waals surface area (Å²) in [4.78, 5) is 0. The Morgan fingerprint density at radius 3 is 2.44 bits per heavy atom. The van der Waals surface area contributed by atoms with Gasteiger partial charge in [-0.15, -0.1) is 6.58 Å². The topological polar surface area (TPSA) is 55.4 Å². The Bertz CT molecular complexity index is 740. The van der Waals surface area contributed by atoms with Crippen LogP contribution in [0.15, 0.2) is 55.0 Å². The average molecular weight is 374 g/mol. The van der Waals surface area contributed by atoms with Crippen molar-refractivity contribution in [3.63, 3.8) is 0 Å². The zero-order valence-corrected chi connectivity index (χ0v) is 16.1. The lowest BCUT2D eigenvalue weighted by Crippen LogP contribution is -2.50. The molecule has 1 aromatic rings. The van der Waals surface area contributed by atoms with Crippen LogP contribution in [0.1, 0.15) is 33.3 Å². The monoisotopic (exact) mass is 374 g/mol. The predicted molar refractivity (Wildman–Crippen MR) is 97.2 cm³/mol. The molecule has 0 bridgehead atoms. The molecule has 1 aromatic carbocycles. The summed E-state index contributed by atoms with van der Waals surface area (Å²) >= 11 is 0. The van der Waals surface area contributed by atoms with Crippen LogP contribution in [0.3, 0.4) is 0 Å². The van der Waals surface area contributed by atoms with Gasteiger partial charge in [-0.2, -0.15) is 0 Å². The lowest BCUT2D eigenvalue weighted by Gasteiger charge is -2.36. The second-order valence-electron chi connectivity index (χ2n) is 7.91. The lowest BCUT2D eigenvalue weighted by atomic mass is 9.90. The van der Waals surface area contributed by atoms with E-state index in [2.05, 4.69) is 6.58 Å². The molecule has 0 saturated carbocycles. The van der Waals surface area contributed by atoms with Crippen molar-refractivity contribution < 1.29 is 28.4 Å². The summed E-state index contributed by atoms with van der Waals surface area (Å²) in [5.74, 6) is -0.998. The van der Waals surface area contributed by atoms with Gasteiger partial charge in [-0.3, -0.25) is 0 Å². The number of ether oxygens (including phenoxy) is 6. The molecule has 27 heavy (non-hydrogen) atoms. The van der Waals surface area contributed by atoms with E-state index in [0.717, 1.165) is 5.56 Å². The van der Waals surface area contributed by atoms with Crippen LogP contribution in [0.25, 0.3) is 0 Å². The first-order chi connectivity index (χ1) is 12.7. The quantitative estimate of drug-likeness (QED) is 0.734. The van der Waals surface area contributed by atoms with Crippen LogP contribution in [-0.2, 0) is 35.0 Å². The van der Waals surface area contributed by atoms with Gasteiger partial charge in [0.1, 0.15) is 12.4 Å². The van der Waals surface area contributed by atoms with Gasteiger partial charge in [0.2, 0.25) is 5.79 Å². The second-order valence-corrected chi connectivity index (χ2v) is 7.91. The van der Waals surface area contributed by atoms with E-state index < -0.39 is 35.7 Å². The molecule has 0 amide bonds. The Labute approximate surface area is 159 Å². The smallest absolute Gasteiger partial charge is 0.244 e. The van der Waals surface area contributed by atoms with E-state index in [-0.39, 0.29) is 0 Å². The van der Waals surface area contributed by atoms with Crippen molar-refractivity contribution in [1.29, 1.82) is 0 Å². The molecule has 0 spiro atoms. The minimum atomic E-state index is -0.982. The summed E-state index contributed by atoms with van der Waals surface area (Å²) in [5.41, 5.74) is 0.0566. The van der Waals surface area contributed by atoms with Crippen molar-refractivity contribution in [2.45, 2.75) is 70.0 Å². The number of fused-ring (bicyclic) bond motifs is 1. The van der Waals surface area contributed by atoms with Gasteiger partial charge < -0.3 is 28.4 Å². The molecule has 3 aliphatic heterocycles. The van der Waals surface area contributed by atoms with Gasteiger partial charge in [-0.05, 0) is 19.4 Å². The molecule has 1 unspecified atom stereocenters. The Balaban J connectivity index is 1.65. The zero-order chi connectivity index (χ0) is 19.3. The third kappa shape index (κ3) is 3.27. The summed E-state index contributed by atoms with van der Waals surface area (Å²) in [5, 5.41) is 0. The summed E-state index contributed by atoms with van der Waals surface area (Å²) < 4.78 is 36.2. The minimum absolute atomic E-state index is 0.372. The van der Waals surface area contributed by atoms with Crippen molar-refractivity contribution in [3.05, 3.63) is 60.6 Å². The Hall–Kier alpha value is -1.86. The first-order valence-corrected chi connectivity index (χ1v) is 9.14. The van der Waals surface area contributed by atoms with Crippen LogP contribution in [0.4, 0.5) is 0 Å². The molecular weight excluding hydrogens is 348 g/mol. The first-order valence-electron chi connectivity index (χ1n) is 9.14. The van der Waals surface area contributed by atoms with Crippen LogP contribution in [-0.4, -0.2) is 35.7 Å². The summed E-state index contributed by atoms with van der Waals surface area (Å²) in [6.07, 6.45) is 1.64.